The van der Waals surface area contributed by atoms with Gasteiger partial charge in [0.05, 0.1) is 12.0 Å². The predicted octanol–water partition coefficient (Wildman–Crippen LogP) is 2.07. The third kappa shape index (κ3) is 3.88. The lowest BCUT2D eigenvalue weighted by Crippen LogP contribution is -2.42. The molecule has 2 aromatic rings. The summed E-state index contributed by atoms with van der Waals surface area (Å²) in [6.45, 7) is 10.1. The fraction of sp³-hybridized carbons (Fsp3) is 0.588. The van der Waals surface area contributed by atoms with Gasteiger partial charge in [-0.2, -0.15) is 0 Å². The maximum Gasteiger partial charge on any atom is 0.132 e. The summed E-state index contributed by atoms with van der Waals surface area (Å²) >= 11 is 0. The summed E-state index contributed by atoms with van der Waals surface area (Å²) in [4.78, 5) is 15.5. The first-order valence-electron chi connectivity index (χ1n) is 8.45. The zero-order valence-electron chi connectivity index (χ0n) is 14.3. The summed E-state index contributed by atoms with van der Waals surface area (Å²) in [6.07, 6.45) is 6.14. The standard InChI is InChI=1S/C17H26N6/c1-4-22-12-18-10-16(22)11-19-15-5-7-23(8-6-15)17-9-13(2)20-14(3)21-17/h9-10,12,15,19H,4-8,11H2,1-3H3. The second kappa shape index (κ2) is 7.08. The second-order valence-corrected chi connectivity index (χ2v) is 6.23. The number of rotatable bonds is 5. The summed E-state index contributed by atoms with van der Waals surface area (Å²) in [7, 11) is 0. The molecule has 1 saturated heterocycles. The summed E-state index contributed by atoms with van der Waals surface area (Å²) in [5, 5.41) is 3.67. The van der Waals surface area contributed by atoms with E-state index in [0.29, 0.717) is 6.04 Å². The molecule has 3 rings (SSSR count). The molecule has 0 aliphatic carbocycles. The van der Waals surface area contributed by atoms with E-state index >= 15 is 0 Å². The molecule has 0 atom stereocenters. The molecule has 1 N–H and O–H groups in total. The summed E-state index contributed by atoms with van der Waals surface area (Å²) < 4.78 is 2.19. The zero-order valence-corrected chi connectivity index (χ0v) is 14.3. The Kier molecular flexibility index (Phi) is 4.91. The van der Waals surface area contributed by atoms with E-state index in [1.54, 1.807) is 0 Å². The Morgan fingerprint density at radius 2 is 2.00 bits per heavy atom. The van der Waals surface area contributed by atoms with Gasteiger partial charge in [-0.25, -0.2) is 15.0 Å². The van der Waals surface area contributed by atoms with Crippen molar-refractivity contribution >= 4 is 5.82 Å². The SMILES string of the molecule is CCn1cncc1CNC1CCN(c2cc(C)nc(C)n2)CC1. The van der Waals surface area contributed by atoms with Crippen LogP contribution in [0.15, 0.2) is 18.6 Å². The van der Waals surface area contributed by atoms with Gasteiger partial charge in [0.1, 0.15) is 11.6 Å². The molecule has 23 heavy (non-hydrogen) atoms. The Morgan fingerprint density at radius 3 is 2.70 bits per heavy atom. The van der Waals surface area contributed by atoms with Crippen LogP contribution in [-0.2, 0) is 13.1 Å². The highest BCUT2D eigenvalue weighted by Gasteiger charge is 2.20. The Morgan fingerprint density at radius 1 is 1.22 bits per heavy atom. The van der Waals surface area contributed by atoms with Gasteiger partial charge >= 0.3 is 0 Å². The zero-order chi connectivity index (χ0) is 16.2. The normalized spacial score (nSPS) is 16.0. The van der Waals surface area contributed by atoms with Crippen molar-refractivity contribution in [3.05, 3.63) is 35.8 Å². The fourth-order valence-corrected chi connectivity index (χ4v) is 3.20. The van der Waals surface area contributed by atoms with Crippen LogP contribution < -0.4 is 10.2 Å². The maximum atomic E-state index is 4.57. The molecule has 1 aliphatic rings. The first kappa shape index (κ1) is 15.9. The average Bonchev–Trinajstić information content (AvgIpc) is 3.00. The molecule has 2 aromatic heterocycles. The van der Waals surface area contributed by atoms with E-state index in [1.807, 2.05) is 26.4 Å². The molecule has 6 nitrogen and oxygen atoms in total. The van der Waals surface area contributed by atoms with E-state index in [2.05, 4.69) is 42.7 Å². The number of piperidine rings is 1. The van der Waals surface area contributed by atoms with Gasteiger partial charge in [-0.1, -0.05) is 0 Å². The van der Waals surface area contributed by atoms with Gasteiger partial charge in [0.25, 0.3) is 0 Å². The van der Waals surface area contributed by atoms with Crippen LogP contribution in [0.25, 0.3) is 0 Å². The van der Waals surface area contributed by atoms with Crippen molar-refractivity contribution in [3.63, 3.8) is 0 Å². The van der Waals surface area contributed by atoms with Crippen LogP contribution in [0, 0.1) is 13.8 Å². The van der Waals surface area contributed by atoms with Crippen molar-refractivity contribution < 1.29 is 0 Å². The lowest BCUT2D eigenvalue weighted by molar-refractivity contribution is 0.407. The molecule has 0 bridgehead atoms. The lowest BCUT2D eigenvalue weighted by atomic mass is 10.0. The van der Waals surface area contributed by atoms with Crippen molar-refractivity contribution in [1.29, 1.82) is 0 Å². The van der Waals surface area contributed by atoms with E-state index in [4.69, 9.17) is 0 Å². The van der Waals surface area contributed by atoms with Crippen LogP contribution in [-0.4, -0.2) is 38.7 Å². The molecule has 0 amide bonds. The molecular formula is C17H26N6. The molecule has 124 valence electrons. The Balaban J connectivity index is 1.52. The van der Waals surface area contributed by atoms with Crippen molar-refractivity contribution in [2.75, 3.05) is 18.0 Å². The highest BCUT2D eigenvalue weighted by Crippen LogP contribution is 2.19. The first-order chi connectivity index (χ1) is 11.2. The molecule has 0 aromatic carbocycles. The molecule has 0 spiro atoms. The predicted molar refractivity (Wildman–Crippen MR) is 91.5 cm³/mol. The minimum absolute atomic E-state index is 0.565. The van der Waals surface area contributed by atoms with Gasteiger partial charge in [0, 0.05) is 50.2 Å². The minimum atomic E-state index is 0.565. The van der Waals surface area contributed by atoms with Crippen LogP contribution in [0.5, 0.6) is 0 Å². The number of aryl methyl sites for hydroxylation is 3. The van der Waals surface area contributed by atoms with Crippen LogP contribution >= 0.6 is 0 Å². The largest absolute Gasteiger partial charge is 0.356 e. The van der Waals surface area contributed by atoms with E-state index in [-0.39, 0.29) is 0 Å². The number of anilines is 1. The fourth-order valence-electron chi connectivity index (χ4n) is 3.20. The molecular weight excluding hydrogens is 288 g/mol. The van der Waals surface area contributed by atoms with Crippen molar-refractivity contribution in [3.8, 4) is 0 Å². The van der Waals surface area contributed by atoms with Gasteiger partial charge < -0.3 is 14.8 Å². The van der Waals surface area contributed by atoms with Gasteiger partial charge in [-0.15, -0.1) is 0 Å². The molecule has 0 unspecified atom stereocenters. The molecule has 1 fully saturated rings. The van der Waals surface area contributed by atoms with E-state index in [1.165, 1.54) is 5.69 Å². The number of nitrogens with one attached hydrogen (secondary N) is 1. The van der Waals surface area contributed by atoms with E-state index < -0.39 is 0 Å². The molecule has 3 heterocycles. The minimum Gasteiger partial charge on any atom is -0.356 e. The smallest absolute Gasteiger partial charge is 0.132 e. The molecule has 0 radical (unpaired) electrons. The topological polar surface area (TPSA) is 58.9 Å². The Bertz CT molecular complexity index is 622. The van der Waals surface area contributed by atoms with Crippen LogP contribution in [0.1, 0.15) is 37.0 Å². The van der Waals surface area contributed by atoms with Gasteiger partial charge in [0.15, 0.2) is 0 Å². The summed E-state index contributed by atoms with van der Waals surface area (Å²) in [6, 6.07) is 2.65. The lowest BCUT2D eigenvalue weighted by Gasteiger charge is -2.33. The Labute approximate surface area is 138 Å². The Hall–Kier alpha value is -1.95. The number of nitrogens with zero attached hydrogens (tertiary/aromatic N) is 5. The van der Waals surface area contributed by atoms with Gasteiger partial charge in [0.2, 0.25) is 0 Å². The maximum absolute atomic E-state index is 4.57. The van der Waals surface area contributed by atoms with Gasteiger partial charge in [-0.05, 0) is 33.6 Å². The quantitative estimate of drug-likeness (QED) is 0.915. The van der Waals surface area contributed by atoms with E-state index in [9.17, 15) is 0 Å². The molecule has 6 heteroatoms. The summed E-state index contributed by atoms with van der Waals surface area (Å²) in [5.74, 6) is 1.92. The van der Waals surface area contributed by atoms with Crippen molar-refractivity contribution in [2.24, 2.45) is 0 Å². The van der Waals surface area contributed by atoms with Crippen LogP contribution in [0.2, 0.25) is 0 Å². The number of aromatic nitrogens is 4. The van der Waals surface area contributed by atoms with Crippen LogP contribution in [0.3, 0.4) is 0 Å². The summed E-state index contributed by atoms with van der Waals surface area (Å²) in [5.41, 5.74) is 2.30. The van der Waals surface area contributed by atoms with Crippen LogP contribution in [0.4, 0.5) is 5.82 Å². The number of imidazole rings is 1. The third-order valence-corrected chi connectivity index (χ3v) is 4.48. The second-order valence-electron chi connectivity index (χ2n) is 6.23. The monoisotopic (exact) mass is 314 g/mol. The van der Waals surface area contributed by atoms with E-state index in [0.717, 1.165) is 56.4 Å². The third-order valence-electron chi connectivity index (χ3n) is 4.48. The molecule has 1 aliphatic heterocycles. The van der Waals surface area contributed by atoms with Crippen molar-refractivity contribution in [2.45, 2.75) is 52.7 Å². The first-order valence-corrected chi connectivity index (χ1v) is 8.45. The van der Waals surface area contributed by atoms with Crippen molar-refractivity contribution in [1.82, 2.24) is 24.8 Å². The van der Waals surface area contributed by atoms with Gasteiger partial charge in [-0.3, -0.25) is 0 Å². The number of hydrogen-bond donors (Lipinski definition) is 1. The average molecular weight is 314 g/mol. The number of hydrogen-bond acceptors (Lipinski definition) is 5. The highest BCUT2D eigenvalue weighted by atomic mass is 15.2. The molecule has 0 saturated carbocycles. The highest BCUT2D eigenvalue weighted by molar-refractivity contribution is 5.40.